The SMILES string of the molecule is Cc1coc(SCc2csnn2)n1. The molecular formula is C7H7N3OS2. The molecule has 0 fully saturated rings. The Bertz CT molecular complexity index is 371. The molecule has 0 aromatic carbocycles. The molecule has 0 bridgehead atoms. The molecule has 2 rings (SSSR count). The molecule has 0 N–H and O–H groups in total. The van der Waals surface area contributed by atoms with Gasteiger partial charge in [0.2, 0.25) is 0 Å². The van der Waals surface area contributed by atoms with Gasteiger partial charge in [0.25, 0.3) is 5.22 Å². The first-order chi connectivity index (χ1) is 6.34. The Morgan fingerprint density at radius 2 is 2.54 bits per heavy atom. The highest BCUT2D eigenvalue weighted by atomic mass is 32.2. The highest BCUT2D eigenvalue weighted by Gasteiger charge is 2.03. The van der Waals surface area contributed by atoms with E-state index in [1.54, 1.807) is 6.26 Å². The maximum Gasteiger partial charge on any atom is 0.256 e. The number of hydrogen-bond acceptors (Lipinski definition) is 6. The van der Waals surface area contributed by atoms with Gasteiger partial charge in [-0.2, -0.15) is 0 Å². The van der Waals surface area contributed by atoms with Gasteiger partial charge in [-0.05, 0) is 18.5 Å². The average molecular weight is 213 g/mol. The molecule has 0 aliphatic heterocycles. The van der Waals surface area contributed by atoms with Gasteiger partial charge in [-0.15, -0.1) is 5.10 Å². The lowest BCUT2D eigenvalue weighted by Gasteiger charge is -1.89. The summed E-state index contributed by atoms with van der Waals surface area (Å²) in [5.74, 6) is 0.760. The van der Waals surface area contributed by atoms with E-state index in [0.29, 0.717) is 5.22 Å². The Kier molecular flexibility index (Phi) is 2.60. The quantitative estimate of drug-likeness (QED) is 0.731. The van der Waals surface area contributed by atoms with E-state index in [1.165, 1.54) is 23.3 Å². The average Bonchev–Trinajstić information content (AvgIpc) is 2.71. The van der Waals surface area contributed by atoms with E-state index in [0.717, 1.165) is 17.1 Å². The van der Waals surface area contributed by atoms with Crippen LogP contribution >= 0.6 is 23.3 Å². The van der Waals surface area contributed by atoms with Gasteiger partial charge in [0.05, 0.1) is 11.4 Å². The molecule has 4 nitrogen and oxygen atoms in total. The number of rotatable bonds is 3. The van der Waals surface area contributed by atoms with Crippen molar-refractivity contribution in [3.8, 4) is 0 Å². The van der Waals surface area contributed by atoms with Crippen LogP contribution < -0.4 is 0 Å². The molecule has 0 unspecified atom stereocenters. The second-order valence-electron chi connectivity index (χ2n) is 2.44. The minimum atomic E-state index is 0.686. The fraction of sp³-hybridized carbons (Fsp3) is 0.286. The lowest BCUT2D eigenvalue weighted by molar-refractivity contribution is 0.454. The first-order valence-corrected chi connectivity index (χ1v) is 5.47. The maximum atomic E-state index is 5.17. The number of aryl methyl sites for hydroxylation is 1. The van der Waals surface area contributed by atoms with Gasteiger partial charge in [-0.3, -0.25) is 0 Å². The van der Waals surface area contributed by atoms with E-state index in [9.17, 15) is 0 Å². The van der Waals surface area contributed by atoms with Gasteiger partial charge in [-0.1, -0.05) is 16.3 Å². The maximum absolute atomic E-state index is 5.17. The summed E-state index contributed by atoms with van der Waals surface area (Å²) < 4.78 is 8.94. The summed E-state index contributed by atoms with van der Waals surface area (Å²) in [6, 6.07) is 0. The van der Waals surface area contributed by atoms with Crippen molar-refractivity contribution in [3.63, 3.8) is 0 Å². The molecule has 0 radical (unpaired) electrons. The second kappa shape index (κ2) is 3.89. The lowest BCUT2D eigenvalue weighted by atomic mass is 10.6. The van der Waals surface area contributed by atoms with Gasteiger partial charge >= 0.3 is 0 Å². The molecular weight excluding hydrogens is 206 g/mol. The van der Waals surface area contributed by atoms with Gasteiger partial charge in [0.15, 0.2) is 0 Å². The van der Waals surface area contributed by atoms with Crippen LogP contribution in [-0.4, -0.2) is 14.6 Å². The second-order valence-corrected chi connectivity index (χ2v) is 3.98. The predicted octanol–water partition coefficient (Wildman–Crippen LogP) is 2.13. The van der Waals surface area contributed by atoms with Crippen LogP contribution in [0.1, 0.15) is 11.4 Å². The number of nitrogens with zero attached hydrogens (tertiary/aromatic N) is 3. The van der Waals surface area contributed by atoms with Crippen LogP contribution in [-0.2, 0) is 5.75 Å². The summed E-state index contributed by atoms with van der Waals surface area (Å²) in [5.41, 5.74) is 1.87. The molecule has 0 aliphatic rings. The zero-order valence-electron chi connectivity index (χ0n) is 6.93. The Morgan fingerprint density at radius 1 is 1.62 bits per heavy atom. The third kappa shape index (κ3) is 2.28. The molecule has 0 amide bonds. The number of thioether (sulfide) groups is 1. The van der Waals surface area contributed by atoms with E-state index in [-0.39, 0.29) is 0 Å². The lowest BCUT2D eigenvalue weighted by Crippen LogP contribution is -1.80. The Morgan fingerprint density at radius 3 is 3.15 bits per heavy atom. The Balaban J connectivity index is 1.93. The Hall–Kier alpha value is -0.880. The molecule has 0 saturated carbocycles. The molecule has 13 heavy (non-hydrogen) atoms. The number of aromatic nitrogens is 3. The third-order valence-electron chi connectivity index (χ3n) is 1.35. The van der Waals surface area contributed by atoms with Gasteiger partial charge in [-0.25, -0.2) is 4.98 Å². The molecule has 2 aromatic rings. The fourth-order valence-electron chi connectivity index (χ4n) is 0.781. The van der Waals surface area contributed by atoms with Gasteiger partial charge in [0.1, 0.15) is 6.26 Å². The third-order valence-corrected chi connectivity index (χ3v) is 2.77. The molecule has 0 saturated heterocycles. The summed E-state index contributed by atoms with van der Waals surface area (Å²) in [6.07, 6.45) is 1.64. The number of hydrogen-bond donors (Lipinski definition) is 0. The van der Waals surface area contributed by atoms with Crippen molar-refractivity contribution in [1.82, 2.24) is 14.6 Å². The normalized spacial score (nSPS) is 10.5. The summed E-state index contributed by atoms with van der Waals surface area (Å²) in [4.78, 5) is 4.16. The van der Waals surface area contributed by atoms with Gasteiger partial charge < -0.3 is 4.42 Å². The highest BCUT2D eigenvalue weighted by Crippen LogP contribution is 2.20. The van der Waals surface area contributed by atoms with E-state index < -0.39 is 0 Å². The van der Waals surface area contributed by atoms with Crippen molar-refractivity contribution in [2.45, 2.75) is 17.9 Å². The smallest absolute Gasteiger partial charge is 0.256 e. The Labute approximate surface area is 83.5 Å². The van der Waals surface area contributed by atoms with Crippen LogP contribution in [0.5, 0.6) is 0 Å². The van der Waals surface area contributed by atoms with Crippen molar-refractivity contribution in [3.05, 3.63) is 23.0 Å². The van der Waals surface area contributed by atoms with E-state index in [2.05, 4.69) is 14.6 Å². The highest BCUT2D eigenvalue weighted by molar-refractivity contribution is 7.98. The monoisotopic (exact) mass is 213 g/mol. The minimum Gasteiger partial charge on any atom is -0.440 e. The van der Waals surface area contributed by atoms with Crippen LogP contribution in [0.25, 0.3) is 0 Å². The van der Waals surface area contributed by atoms with Crippen molar-refractivity contribution < 1.29 is 4.42 Å². The summed E-state index contributed by atoms with van der Waals surface area (Å²) in [5, 5.41) is 6.52. The standard InChI is InChI=1S/C7H7N3OS2/c1-5-2-11-7(8-5)12-3-6-4-13-10-9-6/h2,4H,3H2,1H3. The number of oxazole rings is 1. The van der Waals surface area contributed by atoms with Crippen molar-refractivity contribution in [2.24, 2.45) is 0 Å². The van der Waals surface area contributed by atoms with E-state index in [1.807, 2.05) is 12.3 Å². The summed E-state index contributed by atoms with van der Waals surface area (Å²) >= 11 is 2.88. The molecule has 0 atom stereocenters. The summed E-state index contributed by atoms with van der Waals surface area (Å²) in [6.45, 7) is 1.90. The minimum absolute atomic E-state index is 0.686. The van der Waals surface area contributed by atoms with E-state index >= 15 is 0 Å². The first-order valence-electron chi connectivity index (χ1n) is 3.65. The van der Waals surface area contributed by atoms with E-state index in [4.69, 9.17) is 4.42 Å². The molecule has 2 aromatic heterocycles. The predicted molar refractivity (Wildman–Crippen MR) is 50.7 cm³/mol. The van der Waals surface area contributed by atoms with Crippen LogP contribution in [0, 0.1) is 6.92 Å². The van der Waals surface area contributed by atoms with Crippen molar-refractivity contribution >= 4 is 23.3 Å². The first kappa shape index (κ1) is 8.71. The van der Waals surface area contributed by atoms with Crippen LogP contribution in [0.2, 0.25) is 0 Å². The molecule has 0 aliphatic carbocycles. The summed E-state index contributed by atoms with van der Waals surface area (Å²) in [7, 11) is 0. The van der Waals surface area contributed by atoms with Crippen molar-refractivity contribution in [1.29, 1.82) is 0 Å². The molecule has 0 spiro atoms. The topological polar surface area (TPSA) is 51.8 Å². The van der Waals surface area contributed by atoms with Crippen molar-refractivity contribution in [2.75, 3.05) is 0 Å². The van der Waals surface area contributed by atoms with Crippen LogP contribution in [0.4, 0.5) is 0 Å². The molecule has 6 heteroatoms. The largest absolute Gasteiger partial charge is 0.440 e. The fourth-order valence-corrected chi connectivity index (χ4v) is 2.08. The van der Waals surface area contributed by atoms with Gasteiger partial charge in [0, 0.05) is 11.1 Å². The zero-order valence-corrected chi connectivity index (χ0v) is 8.56. The van der Waals surface area contributed by atoms with Crippen LogP contribution in [0.15, 0.2) is 21.3 Å². The molecule has 2 heterocycles. The van der Waals surface area contributed by atoms with Crippen LogP contribution in [0.3, 0.4) is 0 Å². The molecule has 68 valence electrons. The zero-order chi connectivity index (χ0) is 9.10.